The lowest BCUT2D eigenvalue weighted by molar-refractivity contribution is -0.139. The van der Waals surface area contributed by atoms with Gasteiger partial charge >= 0.3 is 5.97 Å². The number of rotatable bonds is 6. The minimum absolute atomic E-state index is 0.292. The second kappa shape index (κ2) is 7.59. The van der Waals surface area contributed by atoms with Crippen LogP contribution in [-0.4, -0.2) is 12.6 Å². The number of unbranched alkanes of at least 4 members (excludes halogenated alkanes) is 1. The van der Waals surface area contributed by atoms with E-state index in [2.05, 4.69) is 25.7 Å². The van der Waals surface area contributed by atoms with Gasteiger partial charge in [0.25, 0.3) is 0 Å². The third kappa shape index (κ3) is 7.32. The maximum Gasteiger partial charge on any atom is 0.333 e. The lowest BCUT2D eigenvalue weighted by Crippen LogP contribution is -2.05. The van der Waals surface area contributed by atoms with Crippen molar-refractivity contribution in [3.8, 4) is 0 Å². The van der Waals surface area contributed by atoms with E-state index in [4.69, 9.17) is 4.74 Å². The van der Waals surface area contributed by atoms with Crippen molar-refractivity contribution in [3.63, 3.8) is 0 Å². The van der Waals surface area contributed by atoms with Gasteiger partial charge in [-0.25, -0.2) is 4.79 Å². The molecular weight excluding hydrogens is 164 g/mol. The van der Waals surface area contributed by atoms with Gasteiger partial charge in [-0.3, -0.25) is 0 Å². The molecule has 0 aliphatic rings. The Morgan fingerprint density at radius 2 is 2.15 bits per heavy atom. The molecule has 0 rings (SSSR count). The van der Waals surface area contributed by atoms with Crippen molar-refractivity contribution in [2.24, 2.45) is 0 Å². The average Bonchev–Trinajstić information content (AvgIpc) is 2.10. The molecule has 2 heteroatoms. The van der Waals surface area contributed by atoms with Crippen LogP contribution in [0.3, 0.4) is 0 Å². The zero-order valence-corrected chi connectivity index (χ0v) is 8.51. The molecule has 0 atom stereocenters. The Balaban J connectivity index is 3.31. The third-order valence-corrected chi connectivity index (χ3v) is 1.50. The van der Waals surface area contributed by atoms with Crippen LogP contribution in [0.2, 0.25) is 0 Å². The van der Waals surface area contributed by atoms with Crippen molar-refractivity contribution in [1.82, 2.24) is 0 Å². The van der Waals surface area contributed by atoms with E-state index in [1.54, 1.807) is 6.92 Å². The summed E-state index contributed by atoms with van der Waals surface area (Å²) in [5, 5.41) is 0. The summed E-state index contributed by atoms with van der Waals surface area (Å²) in [6, 6.07) is 0. The number of allylic oxidation sites excluding steroid dienone is 2. The first-order valence-corrected chi connectivity index (χ1v) is 4.66. The predicted octanol–water partition coefficient (Wildman–Crippen LogP) is 2.85. The van der Waals surface area contributed by atoms with Gasteiger partial charge < -0.3 is 4.74 Å². The van der Waals surface area contributed by atoms with Crippen LogP contribution >= 0.6 is 0 Å². The molecule has 13 heavy (non-hydrogen) atoms. The minimum Gasteiger partial charge on any atom is -0.462 e. The van der Waals surface area contributed by atoms with E-state index in [0.717, 1.165) is 19.3 Å². The SMILES string of the molecule is C=C(C)C(=O)OCCCC=CCC. The fourth-order valence-electron chi connectivity index (χ4n) is 0.774. The summed E-state index contributed by atoms with van der Waals surface area (Å²) in [4.78, 5) is 10.9. The number of carbonyl (C=O) groups is 1. The number of ether oxygens (including phenoxy) is 1. The van der Waals surface area contributed by atoms with Crippen LogP contribution in [-0.2, 0) is 9.53 Å². The summed E-state index contributed by atoms with van der Waals surface area (Å²) in [5.74, 6) is -0.292. The maximum atomic E-state index is 10.9. The Morgan fingerprint density at radius 3 is 2.69 bits per heavy atom. The van der Waals surface area contributed by atoms with Crippen LogP contribution in [0.5, 0.6) is 0 Å². The number of carbonyl (C=O) groups excluding carboxylic acids is 1. The summed E-state index contributed by atoms with van der Waals surface area (Å²) in [5.41, 5.74) is 0.462. The summed E-state index contributed by atoms with van der Waals surface area (Å²) >= 11 is 0. The highest BCUT2D eigenvalue weighted by Crippen LogP contribution is 1.97. The topological polar surface area (TPSA) is 26.3 Å². The van der Waals surface area contributed by atoms with Gasteiger partial charge in [-0.1, -0.05) is 25.7 Å². The standard InChI is InChI=1S/C11H18O2/c1-4-5-6-7-8-9-13-11(12)10(2)3/h5-6H,2,4,7-9H2,1,3H3. The number of hydrogen-bond acceptors (Lipinski definition) is 2. The molecule has 0 bridgehead atoms. The van der Waals surface area contributed by atoms with Gasteiger partial charge in [0.2, 0.25) is 0 Å². The molecule has 74 valence electrons. The van der Waals surface area contributed by atoms with Crippen LogP contribution in [0.4, 0.5) is 0 Å². The van der Waals surface area contributed by atoms with Crippen LogP contribution in [0, 0.1) is 0 Å². The fourth-order valence-corrected chi connectivity index (χ4v) is 0.774. The second-order valence-electron chi connectivity index (χ2n) is 2.94. The Labute approximate surface area is 80.3 Å². The highest BCUT2D eigenvalue weighted by atomic mass is 16.5. The van der Waals surface area contributed by atoms with Crippen molar-refractivity contribution in [2.75, 3.05) is 6.61 Å². The first kappa shape index (κ1) is 11.9. The van der Waals surface area contributed by atoms with E-state index in [1.807, 2.05) is 0 Å². The molecule has 0 amide bonds. The van der Waals surface area contributed by atoms with E-state index < -0.39 is 0 Å². The Kier molecular flexibility index (Phi) is 6.98. The van der Waals surface area contributed by atoms with E-state index in [1.165, 1.54) is 0 Å². The molecule has 0 aliphatic carbocycles. The molecule has 0 aromatic heterocycles. The van der Waals surface area contributed by atoms with Crippen molar-refractivity contribution >= 4 is 5.97 Å². The zero-order valence-electron chi connectivity index (χ0n) is 8.51. The summed E-state index contributed by atoms with van der Waals surface area (Å²) in [6.45, 7) is 7.73. The van der Waals surface area contributed by atoms with Gasteiger partial charge in [0.1, 0.15) is 0 Å². The predicted molar refractivity (Wildman–Crippen MR) is 54.4 cm³/mol. The molecule has 2 nitrogen and oxygen atoms in total. The van der Waals surface area contributed by atoms with Crippen LogP contribution in [0.15, 0.2) is 24.3 Å². The number of hydrogen-bond donors (Lipinski definition) is 0. The summed E-state index contributed by atoms with van der Waals surface area (Å²) < 4.78 is 4.91. The van der Waals surface area contributed by atoms with Gasteiger partial charge in [-0.05, 0) is 26.2 Å². The molecule has 0 aromatic rings. The zero-order chi connectivity index (χ0) is 10.1. The normalized spacial score (nSPS) is 10.3. The largest absolute Gasteiger partial charge is 0.462 e. The lowest BCUT2D eigenvalue weighted by atomic mass is 10.3. The molecule has 0 aromatic carbocycles. The maximum absolute atomic E-state index is 10.9. The number of esters is 1. The quantitative estimate of drug-likeness (QED) is 0.273. The lowest BCUT2D eigenvalue weighted by Gasteiger charge is -2.01. The first-order valence-electron chi connectivity index (χ1n) is 4.66. The first-order chi connectivity index (χ1) is 6.18. The van der Waals surface area contributed by atoms with Crippen molar-refractivity contribution < 1.29 is 9.53 Å². The van der Waals surface area contributed by atoms with Crippen molar-refractivity contribution in [2.45, 2.75) is 33.1 Å². The third-order valence-electron chi connectivity index (χ3n) is 1.50. The second-order valence-corrected chi connectivity index (χ2v) is 2.94. The van der Waals surface area contributed by atoms with Crippen LogP contribution in [0.1, 0.15) is 33.1 Å². The molecule has 0 saturated heterocycles. The van der Waals surface area contributed by atoms with Gasteiger partial charge in [0.05, 0.1) is 6.61 Å². The molecule has 0 spiro atoms. The molecule has 0 saturated carbocycles. The average molecular weight is 182 g/mol. The van der Waals surface area contributed by atoms with Gasteiger partial charge in [-0.2, -0.15) is 0 Å². The Bertz CT molecular complexity index is 192. The molecule has 0 heterocycles. The summed E-state index contributed by atoms with van der Waals surface area (Å²) in [6.07, 6.45) is 7.13. The Morgan fingerprint density at radius 1 is 1.46 bits per heavy atom. The molecule has 0 unspecified atom stereocenters. The smallest absolute Gasteiger partial charge is 0.333 e. The highest BCUT2D eigenvalue weighted by molar-refractivity contribution is 5.86. The van der Waals surface area contributed by atoms with Crippen molar-refractivity contribution in [1.29, 1.82) is 0 Å². The van der Waals surface area contributed by atoms with E-state index >= 15 is 0 Å². The van der Waals surface area contributed by atoms with E-state index in [0.29, 0.717) is 12.2 Å². The Hall–Kier alpha value is -1.05. The fraction of sp³-hybridized carbons (Fsp3) is 0.545. The molecular formula is C11H18O2. The molecule has 0 aliphatic heterocycles. The van der Waals surface area contributed by atoms with Gasteiger partial charge in [0, 0.05) is 5.57 Å². The summed E-state index contributed by atoms with van der Waals surface area (Å²) in [7, 11) is 0. The van der Waals surface area contributed by atoms with Gasteiger partial charge in [-0.15, -0.1) is 0 Å². The van der Waals surface area contributed by atoms with Crippen LogP contribution in [0.25, 0.3) is 0 Å². The molecule has 0 radical (unpaired) electrons. The van der Waals surface area contributed by atoms with E-state index in [9.17, 15) is 4.79 Å². The molecule has 0 fully saturated rings. The minimum atomic E-state index is -0.292. The monoisotopic (exact) mass is 182 g/mol. The van der Waals surface area contributed by atoms with Crippen molar-refractivity contribution in [3.05, 3.63) is 24.3 Å². The van der Waals surface area contributed by atoms with Gasteiger partial charge in [0.15, 0.2) is 0 Å². The van der Waals surface area contributed by atoms with Crippen LogP contribution < -0.4 is 0 Å². The van der Waals surface area contributed by atoms with E-state index in [-0.39, 0.29) is 5.97 Å². The highest BCUT2D eigenvalue weighted by Gasteiger charge is 2.00. The molecule has 0 N–H and O–H groups in total.